The van der Waals surface area contributed by atoms with Crippen molar-refractivity contribution in [3.8, 4) is 0 Å². The molecule has 1 atom stereocenters. The second-order valence-electron chi connectivity index (χ2n) is 3.68. The third kappa shape index (κ3) is 1.91. The van der Waals surface area contributed by atoms with Gasteiger partial charge in [0.25, 0.3) is 0 Å². The van der Waals surface area contributed by atoms with E-state index in [0.29, 0.717) is 0 Å². The van der Waals surface area contributed by atoms with Crippen molar-refractivity contribution in [1.82, 2.24) is 5.43 Å². The van der Waals surface area contributed by atoms with E-state index < -0.39 is 0 Å². The summed E-state index contributed by atoms with van der Waals surface area (Å²) >= 11 is 0. The van der Waals surface area contributed by atoms with E-state index in [2.05, 4.69) is 17.5 Å². The van der Waals surface area contributed by atoms with E-state index in [1.807, 2.05) is 30.3 Å². The van der Waals surface area contributed by atoms with E-state index in [4.69, 9.17) is 0 Å². The molecule has 0 aliphatic carbocycles. The molecule has 0 saturated carbocycles. The summed E-state index contributed by atoms with van der Waals surface area (Å²) in [5.74, 6) is -0.0481. The van der Waals surface area contributed by atoms with Crippen LogP contribution in [0.4, 0.5) is 0 Å². The van der Waals surface area contributed by atoms with Gasteiger partial charge in [0.2, 0.25) is 5.91 Å². The lowest BCUT2D eigenvalue weighted by molar-refractivity contribution is -0.122. The highest BCUT2D eigenvalue weighted by molar-refractivity contribution is 6.16. The zero-order chi connectivity index (χ0) is 10.7. The Balaban J connectivity index is 2.26. The number of hydrazone groups is 1. The molecule has 0 fully saturated rings. The highest BCUT2D eigenvalue weighted by Gasteiger charge is 2.29. The molecule has 15 heavy (non-hydrogen) atoms. The Labute approximate surface area is 89.2 Å². The van der Waals surface area contributed by atoms with Gasteiger partial charge in [-0.15, -0.1) is 0 Å². The number of rotatable bonds is 3. The Bertz CT molecular complexity index is 384. The van der Waals surface area contributed by atoms with Gasteiger partial charge >= 0.3 is 0 Å². The first kappa shape index (κ1) is 9.90. The van der Waals surface area contributed by atoms with Gasteiger partial charge in [0.1, 0.15) is 0 Å². The molecule has 2 rings (SSSR count). The number of amides is 1. The van der Waals surface area contributed by atoms with Crippen LogP contribution in [-0.4, -0.2) is 11.6 Å². The van der Waals surface area contributed by atoms with Crippen LogP contribution in [-0.2, 0) is 4.79 Å². The molecule has 0 bridgehead atoms. The third-order valence-electron chi connectivity index (χ3n) is 2.58. The van der Waals surface area contributed by atoms with E-state index in [-0.39, 0.29) is 11.8 Å². The molecule has 1 aliphatic rings. The van der Waals surface area contributed by atoms with E-state index in [9.17, 15) is 4.79 Å². The molecule has 0 spiro atoms. The maximum absolute atomic E-state index is 11.5. The summed E-state index contributed by atoms with van der Waals surface area (Å²) in [5.41, 5.74) is 4.47. The van der Waals surface area contributed by atoms with Gasteiger partial charge in [-0.2, -0.15) is 5.10 Å². The minimum absolute atomic E-state index is 0.0238. The lowest BCUT2D eigenvalue weighted by Crippen LogP contribution is -2.23. The summed E-state index contributed by atoms with van der Waals surface area (Å²) in [7, 11) is 0. The van der Waals surface area contributed by atoms with Gasteiger partial charge in [-0.25, -0.2) is 5.43 Å². The summed E-state index contributed by atoms with van der Waals surface area (Å²) in [4.78, 5) is 11.5. The molecule has 0 saturated heterocycles. The average Bonchev–Trinajstić information content (AvgIpc) is 2.63. The van der Waals surface area contributed by atoms with Crippen molar-refractivity contribution in [3.05, 3.63) is 35.9 Å². The van der Waals surface area contributed by atoms with Crippen LogP contribution in [0.15, 0.2) is 35.4 Å². The van der Waals surface area contributed by atoms with Crippen LogP contribution < -0.4 is 5.43 Å². The molecule has 3 heteroatoms. The van der Waals surface area contributed by atoms with Crippen molar-refractivity contribution in [2.45, 2.75) is 19.8 Å². The Hall–Kier alpha value is -1.64. The molecule has 0 aromatic heterocycles. The van der Waals surface area contributed by atoms with Gasteiger partial charge in [-0.05, 0) is 12.0 Å². The summed E-state index contributed by atoms with van der Waals surface area (Å²) in [6.45, 7) is 2.08. The monoisotopic (exact) mass is 202 g/mol. The quantitative estimate of drug-likeness (QED) is 0.799. The van der Waals surface area contributed by atoms with Gasteiger partial charge in [0.15, 0.2) is 0 Å². The van der Waals surface area contributed by atoms with Crippen molar-refractivity contribution < 1.29 is 4.79 Å². The van der Waals surface area contributed by atoms with Crippen LogP contribution in [0.5, 0.6) is 0 Å². The predicted octanol–water partition coefficient (Wildman–Crippen LogP) is 1.94. The first-order chi connectivity index (χ1) is 7.33. The molecular weight excluding hydrogens is 188 g/mol. The Morgan fingerprint density at radius 1 is 1.33 bits per heavy atom. The Morgan fingerprint density at radius 3 is 2.73 bits per heavy atom. The summed E-state index contributed by atoms with van der Waals surface area (Å²) < 4.78 is 0. The van der Waals surface area contributed by atoms with E-state index >= 15 is 0 Å². The van der Waals surface area contributed by atoms with Gasteiger partial charge in [0.05, 0.1) is 11.6 Å². The van der Waals surface area contributed by atoms with Crippen LogP contribution in [0, 0.1) is 5.92 Å². The molecular formula is C12H14N2O. The van der Waals surface area contributed by atoms with Gasteiger partial charge < -0.3 is 0 Å². The number of hydrogen-bond donors (Lipinski definition) is 1. The SMILES string of the molecule is CCCC1C(=O)NN=C1c1ccccc1. The summed E-state index contributed by atoms with van der Waals surface area (Å²) in [5, 5.41) is 4.10. The predicted molar refractivity (Wildman–Crippen MR) is 59.5 cm³/mol. The van der Waals surface area contributed by atoms with Crippen molar-refractivity contribution in [2.75, 3.05) is 0 Å². The molecule has 1 aromatic carbocycles. The standard InChI is InChI=1S/C12H14N2O/c1-2-6-10-11(13-14-12(10)15)9-7-4-3-5-8-9/h3-5,7-8,10H,2,6H2,1H3,(H,14,15). The van der Waals surface area contributed by atoms with Crippen molar-refractivity contribution >= 4 is 11.6 Å². The first-order valence-corrected chi connectivity index (χ1v) is 5.25. The van der Waals surface area contributed by atoms with Gasteiger partial charge in [0, 0.05) is 0 Å². The highest BCUT2D eigenvalue weighted by Crippen LogP contribution is 2.19. The topological polar surface area (TPSA) is 41.5 Å². The van der Waals surface area contributed by atoms with E-state index in [0.717, 1.165) is 24.1 Å². The lowest BCUT2D eigenvalue weighted by Gasteiger charge is -2.08. The minimum atomic E-state index is -0.0719. The third-order valence-corrected chi connectivity index (χ3v) is 2.58. The normalized spacial score (nSPS) is 19.9. The molecule has 78 valence electrons. The number of nitrogens with one attached hydrogen (secondary N) is 1. The zero-order valence-corrected chi connectivity index (χ0v) is 8.73. The van der Waals surface area contributed by atoms with Crippen LogP contribution in [0.1, 0.15) is 25.3 Å². The van der Waals surface area contributed by atoms with Crippen molar-refractivity contribution in [1.29, 1.82) is 0 Å². The molecule has 1 unspecified atom stereocenters. The molecule has 1 aliphatic heterocycles. The second kappa shape index (κ2) is 4.26. The zero-order valence-electron chi connectivity index (χ0n) is 8.73. The first-order valence-electron chi connectivity index (χ1n) is 5.25. The molecule has 1 aromatic rings. The average molecular weight is 202 g/mol. The largest absolute Gasteiger partial charge is 0.272 e. The number of benzene rings is 1. The Morgan fingerprint density at radius 2 is 2.07 bits per heavy atom. The van der Waals surface area contributed by atoms with Gasteiger partial charge in [-0.1, -0.05) is 43.7 Å². The minimum Gasteiger partial charge on any atom is -0.272 e. The van der Waals surface area contributed by atoms with Crippen molar-refractivity contribution in [3.63, 3.8) is 0 Å². The number of carbonyl (C=O) groups excluding carboxylic acids is 1. The summed E-state index contributed by atoms with van der Waals surface area (Å²) in [6, 6.07) is 9.86. The van der Waals surface area contributed by atoms with E-state index in [1.165, 1.54) is 0 Å². The molecule has 0 radical (unpaired) electrons. The smallest absolute Gasteiger partial charge is 0.249 e. The second-order valence-corrected chi connectivity index (χ2v) is 3.68. The van der Waals surface area contributed by atoms with Crippen molar-refractivity contribution in [2.24, 2.45) is 11.0 Å². The molecule has 1 amide bonds. The maximum atomic E-state index is 11.5. The maximum Gasteiger partial charge on any atom is 0.249 e. The number of nitrogens with zero attached hydrogens (tertiary/aromatic N) is 1. The van der Waals surface area contributed by atoms with E-state index in [1.54, 1.807) is 0 Å². The molecule has 3 nitrogen and oxygen atoms in total. The van der Waals surface area contributed by atoms with Crippen LogP contribution in [0.2, 0.25) is 0 Å². The molecule has 1 heterocycles. The fourth-order valence-corrected chi connectivity index (χ4v) is 1.83. The fourth-order valence-electron chi connectivity index (χ4n) is 1.83. The lowest BCUT2D eigenvalue weighted by atomic mass is 9.93. The number of hydrogen-bond acceptors (Lipinski definition) is 2. The Kier molecular flexibility index (Phi) is 2.81. The fraction of sp³-hybridized carbons (Fsp3) is 0.333. The number of carbonyl (C=O) groups is 1. The highest BCUT2D eigenvalue weighted by atomic mass is 16.2. The molecule has 1 N–H and O–H groups in total. The van der Waals surface area contributed by atoms with Crippen LogP contribution >= 0.6 is 0 Å². The van der Waals surface area contributed by atoms with Crippen LogP contribution in [0.25, 0.3) is 0 Å². The van der Waals surface area contributed by atoms with Gasteiger partial charge in [-0.3, -0.25) is 4.79 Å². The summed E-state index contributed by atoms with van der Waals surface area (Å²) in [6.07, 6.45) is 1.85. The van der Waals surface area contributed by atoms with Crippen LogP contribution in [0.3, 0.4) is 0 Å².